The standard InChI is InChI=1S/C9H6BrNS/c10-7-4-6-2-1-3-11-9(6)8(12)5-7/h1-5,12H. The van der Waals surface area contributed by atoms with Gasteiger partial charge in [0.25, 0.3) is 0 Å². The lowest BCUT2D eigenvalue weighted by Crippen LogP contribution is -1.79. The number of hydrogen-bond acceptors (Lipinski definition) is 2. The molecule has 1 nitrogen and oxygen atoms in total. The molecule has 0 unspecified atom stereocenters. The summed E-state index contributed by atoms with van der Waals surface area (Å²) >= 11 is 7.73. The number of benzene rings is 1. The van der Waals surface area contributed by atoms with Gasteiger partial charge in [-0.25, -0.2) is 0 Å². The molecule has 0 bridgehead atoms. The van der Waals surface area contributed by atoms with Gasteiger partial charge in [-0.05, 0) is 18.2 Å². The maximum atomic E-state index is 4.33. The van der Waals surface area contributed by atoms with Crippen LogP contribution in [0.3, 0.4) is 0 Å². The maximum absolute atomic E-state index is 4.33. The highest BCUT2D eigenvalue weighted by molar-refractivity contribution is 9.10. The second kappa shape index (κ2) is 3.07. The van der Waals surface area contributed by atoms with Crippen LogP contribution in [0.4, 0.5) is 0 Å². The molecule has 0 aliphatic carbocycles. The Morgan fingerprint density at radius 3 is 3.00 bits per heavy atom. The molecule has 0 saturated carbocycles. The number of nitrogens with zero attached hydrogens (tertiary/aromatic N) is 1. The van der Waals surface area contributed by atoms with Gasteiger partial charge in [0.2, 0.25) is 0 Å². The number of fused-ring (bicyclic) bond motifs is 1. The Morgan fingerprint density at radius 1 is 1.33 bits per heavy atom. The molecular formula is C9H6BrNS. The van der Waals surface area contributed by atoms with Crippen LogP contribution in [0.2, 0.25) is 0 Å². The highest BCUT2D eigenvalue weighted by atomic mass is 79.9. The van der Waals surface area contributed by atoms with E-state index in [1.807, 2.05) is 24.3 Å². The molecule has 12 heavy (non-hydrogen) atoms. The van der Waals surface area contributed by atoms with Gasteiger partial charge in [0.05, 0.1) is 5.52 Å². The van der Waals surface area contributed by atoms with Crippen LogP contribution in [0, 0.1) is 0 Å². The third-order valence-corrected chi connectivity index (χ3v) is 2.45. The van der Waals surface area contributed by atoms with Crippen LogP contribution in [0.15, 0.2) is 39.8 Å². The summed E-state index contributed by atoms with van der Waals surface area (Å²) in [4.78, 5) is 5.13. The molecule has 0 aliphatic heterocycles. The van der Waals surface area contributed by atoms with E-state index < -0.39 is 0 Å². The van der Waals surface area contributed by atoms with Crippen LogP contribution in [0.1, 0.15) is 0 Å². The van der Waals surface area contributed by atoms with Crippen molar-refractivity contribution < 1.29 is 0 Å². The first-order valence-electron chi connectivity index (χ1n) is 3.50. The number of pyridine rings is 1. The Kier molecular flexibility index (Phi) is 2.07. The minimum absolute atomic E-state index is 0.903. The van der Waals surface area contributed by atoms with E-state index in [0.717, 1.165) is 20.3 Å². The second-order valence-corrected chi connectivity index (χ2v) is 3.90. The summed E-state index contributed by atoms with van der Waals surface area (Å²) in [6.45, 7) is 0. The Labute approximate surface area is 84.4 Å². The lowest BCUT2D eigenvalue weighted by molar-refractivity contribution is 1.35. The van der Waals surface area contributed by atoms with Crippen LogP contribution in [-0.4, -0.2) is 4.98 Å². The summed E-state index contributed by atoms with van der Waals surface area (Å²) in [5.74, 6) is 0. The Balaban J connectivity index is 2.89. The van der Waals surface area contributed by atoms with Crippen molar-refractivity contribution in [3.8, 4) is 0 Å². The summed E-state index contributed by atoms with van der Waals surface area (Å²) in [6.07, 6.45) is 1.77. The highest BCUT2D eigenvalue weighted by Crippen LogP contribution is 2.24. The quantitative estimate of drug-likeness (QED) is 0.697. The number of thiol groups is 1. The SMILES string of the molecule is Sc1cc(Br)cc2cccnc12. The van der Waals surface area contributed by atoms with Crippen molar-refractivity contribution >= 4 is 39.5 Å². The smallest absolute Gasteiger partial charge is 0.0835 e. The monoisotopic (exact) mass is 239 g/mol. The molecule has 1 aromatic heterocycles. The van der Waals surface area contributed by atoms with Crippen molar-refractivity contribution in [1.82, 2.24) is 4.98 Å². The number of aromatic nitrogens is 1. The first-order chi connectivity index (χ1) is 5.77. The molecule has 0 fully saturated rings. The van der Waals surface area contributed by atoms with Gasteiger partial charge in [-0.2, -0.15) is 0 Å². The maximum Gasteiger partial charge on any atom is 0.0835 e. The van der Waals surface area contributed by atoms with Gasteiger partial charge in [-0.3, -0.25) is 4.98 Å². The van der Waals surface area contributed by atoms with Gasteiger partial charge < -0.3 is 0 Å². The fourth-order valence-electron chi connectivity index (χ4n) is 1.14. The minimum atomic E-state index is 0.903. The van der Waals surface area contributed by atoms with Crippen molar-refractivity contribution in [2.75, 3.05) is 0 Å². The molecule has 1 aromatic carbocycles. The Morgan fingerprint density at radius 2 is 2.17 bits per heavy atom. The van der Waals surface area contributed by atoms with E-state index in [9.17, 15) is 0 Å². The predicted molar refractivity (Wildman–Crippen MR) is 56.7 cm³/mol. The lowest BCUT2D eigenvalue weighted by Gasteiger charge is -1.99. The Bertz CT molecular complexity index is 428. The Hall–Kier alpha value is -0.540. The van der Waals surface area contributed by atoms with E-state index in [0.29, 0.717) is 0 Å². The number of rotatable bonds is 0. The number of hydrogen-bond donors (Lipinski definition) is 1. The van der Waals surface area contributed by atoms with E-state index in [4.69, 9.17) is 0 Å². The van der Waals surface area contributed by atoms with E-state index in [-0.39, 0.29) is 0 Å². The predicted octanol–water partition coefficient (Wildman–Crippen LogP) is 3.29. The largest absolute Gasteiger partial charge is 0.255 e. The fourth-order valence-corrected chi connectivity index (χ4v) is 2.12. The third-order valence-electron chi connectivity index (χ3n) is 1.65. The molecule has 2 rings (SSSR count). The highest BCUT2D eigenvalue weighted by Gasteiger charge is 1.99. The molecule has 1 heterocycles. The van der Waals surface area contributed by atoms with Crippen LogP contribution in [0.5, 0.6) is 0 Å². The van der Waals surface area contributed by atoms with E-state index in [1.165, 1.54) is 0 Å². The summed E-state index contributed by atoms with van der Waals surface area (Å²) < 4.78 is 1.04. The average molecular weight is 240 g/mol. The van der Waals surface area contributed by atoms with Crippen LogP contribution in [0.25, 0.3) is 10.9 Å². The van der Waals surface area contributed by atoms with Gasteiger partial charge in [0.1, 0.15) is 0 Å². The molecule has 2 aromatic rings. The minimum Gasteiger partial charge on any atom is -0.255 e. The summed E-state index contributed by atoms with van der Waals surface area (Å²) in [5, 5.41) is 1.11. The lowest BCUT2D eigenvalue weighted by atomic mass is 10.2. The third kappa shape index (κ3) is 1.34. The van der Waals surface area contributed by atoms with Gasteiger partial charge in [-0.1, -0.05) is 22.0 Å². The van der Waals surface area contributed by atoms with Gasteiger partial charge in [-0.15, -0.1) is 12.6 Å². The molecule has 0 radical (unpaired) electrons. The molecule has 0 aliphatic rings. The van der Waals surface area contributed by atoms with Gasteiger partial charge >= 0.3 is 0 Å². The molecule has 0 spiro atoms. The zero-order valence-electron chi connectivity index (χ0n) is 6.16. The van der Waals surface area contributed by atoms with Crippen molar-refractivity contribution in [1.29, 1.82) is 0 Å². The van der Waals surface area contributed by atoms with E-state index in [1.54, 1.807) is 6.20 Å². The topological polar surface area (TPSA) is 12.9 Å². The molecule has 0 N–H and O–H groups in total. The number of halogens is 1. The summed E-state index contributed by atoms with van der Waals surface area (Å²) in [5.41, 5.74) is 0.948. The van der Waals surface area contributed by atoms with Crippen molar-refractivity contribution in [3.05, 3.63) is 34.9 Å². The van der Waals surface area contributed by atoms with Crippen molar-refractivity contribution in [3.63, 3.8) is 0 Å². The average Bonchev–Trinajstić information content (AvgIpc) is 2.04. The van der Waals surface area contributed by atoms with E-state index >= 15 is 0 Å². The van der Waals surface area contributed by atoms with Gasteiger partial charge in [0, 0.05) is 21.0 Å². The first-order valence-corrected chi connectivity index (χ1v) is 4.74. The van der Waals surface area contributed by atoms with Crippen LogP contribution >= 0.6 is 28.6 Å². The molecular weight excluding hydrogens is 234 g/mol. The van der Waals surface area contributed by atoms with E-state index in [2.05, 4.69) is 33.5 Å². The molecule has 0 amide bonds. The van der Waals surface area contributed by atoms with Crippen LogP contribution in [-0.2, 0) is 0 Å². The fraction of sp³-hybridized carbons (Fsp3) is 0. The normalized spacial score (nSPS) is 10.5. The summed E-state index contributed by atoms with van der Waals surface area (Å²) in [6, 6.07) is 7.91. The van der Waals surface area contributed by atoms with Crippen molar-refractivity contribution in [2.24, 2.45) is 0 Å². The van der Waals surface area contributed by atoms with Crippen LogP contribution < -0.4 is 0 Å². The second-order valence-electron chi connectivity index (χ2n) is 2.50. The molecule has 3 heteroatoms. The zero-order valence-corrected chi connectivity index (χ0v) is 8.64. The van der Waals surface area contributed by atoms with Crippen molar-refractivity contribution in [2.45, 2.75) is 4.90 Å². The molecule has 60 valence electrons. The summed E-state index contributed by atoms with van der Waals surface area (Å²) in [7, 11) is 0. The van der Waals surface area contributed by atoms with Gasteiger partial charge in [0.15, 0.2) is 0 Å². The molecule has 0 atom stereocenters. The first kappa shape index (κ1) is 8.08. The molecule has 0 saturated heterocycles. The zero-order chi connectivity index (χ0) is 8.55.